The van der Waals surface area contributed by atoms with E-state index in [1.54, 1.807) is 0 Å². The average Bonchev–Trinajstić information content (AvgIpc) is 1.19. The first-order valence-corrected chi connectivity index (χ1v) is 40.4. The standard InChI is InChI=1S/C89H140NO8P/c1-3-5-7-9-11-13-15-17-19-21-23-25-27-29-31-33-35-37-39-41-42-43-44-46-48-50-52-54-56-58-60-62-64-66-68-70-72-74-76-78-80-82-89(92)98-87(86-97-99(93,94)96-84-83-90)85-95-88(91)81-79-77-75-73-71-69-67-65-63-61-59-57-55-53-51-49-47-45-40-38-36-34-32-30-28-26-24-22-20-18-16-14-12-10-8-6-4-2/h5-8,11-14,17-20,23-26,29-32,35-38,41-42,44-47,50,52,56,58,62,64,68,70,87H,3-4,9-10,15-16,21-22,27-28,33-34,39-40,43,48-49,51,53-55,57,59-61,63,65-67,69,71-86,90H2,1-2H3,(H,93,94)/b7-5-,8-6-,13-11-,14-12-,19-17-,20-18-,25-23-,26-24-,31-29-,32-30-,37-35-,38-36-,42-41-,46-44-,47-45-,52-50-,58-56-,64-62-,70-68-. The summed E-state index contributed by atoms with van der Waals surface area (Å²) in [6, 6.07) is 0. The largest absolute Gasteiger partial charge is 0.472 e. The van der Waals surface area contributed by atoms with Crippen molar-refractivity contribution in [3.05, 3.63) is 231 Å². The van der Waals surface area contributed by atoms with E-state index in [-0.39, 0.29) is 32.6 Å². The molecule has 0 radical (unpaired) electrons. The number of carbonyl (C=O) groups is 2. The smallest absolute Gasteiger partial charge is 0.462 e. The van der Waals surface area contributed by atoms with Crippen LogP contribution in [0.15, 0.2) is 231 Å². The topological polar surface area (TPSA) is 134 Å². The number of hydrogen-bond acceptors (Lipinski definition) is 8. The van der Waals surface area contributed by atoms with Crippen LogP contribution >= 0.6 is 7.82 Å². The summed E-state index contributed by atoms with van der Waals surface area (Å²) < 4.78 is 33.2. The van der Waals surface area contributed by atoms with Crippen LogP contribution in [0.4, 0.5) is 0 Å². The molecule has 0 aliphatic rings. The summed E-state index contributed by atoms with van der Waals surface area (Å²) in [7, 11) is -4.42. The lowest BCUT2D eigenvalue weighted by atomic mass is 10.0. The van der Waals surface area contributed by atoms with Gasteiger partial charge in [0.2, 0.25) is 0 Å². The minimum absolute atomic E-state index is 0.0380. The quantitative estimate of drug-likeness (QED) is 0.0264. The highest BCUT2D eigenvalue weighted by molar-refractivity contribution is 7.47. The van der Waals surface area contributed by atoms with E-state index < -0.39 is 32.5 Å². The third kappa shape index (κ3) is 80.9. The molecule has 0 spiro atoms. The minimum atomic E-state index is -4.42. The fourth-order valence-electron chi connectivity index (χ4n) is 9.89. The highest BCUT2D eigenvalue weighted by Gasteiger charge is 2.26. The van der Waals surface area contributed by atoms with Gasteiger partial charge in [-0.1, -0.05) is 341 Å². The lowest BCUT2D eigenvalue weighted by Crippen LogP contribution is -2.29. The molecule has 0 aromatic carbocycles. The van der Waals surface area contributed by atoms with Gasteiger partial charge in [0.15, 0.2) is 6.10 Å². The fraction of sp³-hybridized carbons (Fsp3) is 0.551. The molecule has 0 rings (SSSR count). The van der Waals surface area contributed by atoms with Crippen LogP contribution in [0.1, 0.15) is 284 Å². The van der Waals surface area contributed by atoms with Gasteiger partial charge in [-0.3, -0.25) is 18.6 Å². The Balaban J connectivity index is 3.99. The molecule has 0 saturated carbocycles. The molecular weight excluding hydrogens is 1240 g/mol. The van der Waals surface area contributed by atoms with Crippen LogP contribution < -0.4 is 5.73 Å². The maximum atomic E-state index is 12.8. The predicted octanol–water partition coefficient (Wildman–Crippen LogP) is 26.5. The normalized spacial score (nSPS) is 14.2. The maximum absolute atomic E-state index is 12.8. The first-order chi connectivity index (χ1) is 48.8. The molecule has 0 aliphatic carbocycles. The maximum Gasteiger partial charge on any atom is 0.472 e. The summed E-state index contributed by atoms with van der Waals surface area (Å²) in [5.41, 5.74) is 5.41. The van der Waals surface area contributed by atoms with Crippen molar-refractivity contribution in [3.63, 3.8) is 0 Å². The second-order valence-corrected chi connectivity index (χ2v) is 26.2. The van der Waals surface area contributed by atoms with Gasteiger partial charge in [-0.25, -0.2) is 4.57 Å². The first kappa shape index (κ1) is 93.1. The minimum Gasteiger partial charge on any atom is -0.462 e. The number of carbonyl (C=O) groups excluding carboxylic acids is 2. The van der Waals surface area contributed by atoms with Crippen LogP contribution in [0.25, 0.3) is 0 Å². The number of allylic oxidation sites excluding steroid dienone is 38. The van der Waals surface area contributed by atoms with Crippen LogP contribution in [0, 0.1) is 0 Å². The highest BCUT2D eigenvalue weighted by Crippen LogP contribution is 2.43. The molecule has 2 unspecified atom stereocenters. The predicted molar refractivity (Wildman–Crippen MR) is 431 cm³/mol. The molecule has 0 aromatic rings. The Hall–Kier alpha value is -5.93. The second kappa shape index (κ2) is 81.0. The fourth-order valence-corrected chi connectivity index (χ4v) is 10.7. The van der Waals surface area contributed by atoms with E-state index >= 15 is 0 Å². The monoisotopic (exact) mass is 1380 g/mol. The molecule has 0 amide bonds. The van der Waals surface area contributed by atoms with Crippen LogP contribution in [0.3, 0.4) is 0 Å². The number of rotatable bonds is 70. The summed E-state index contributed by atoms with van der Waals surface area (Å²) in [6.45, 7) is 3.47. The van der Waals surface area contributed by atoms with Crippen molar-refractivity contribution in [2.75, 3.05) is 26.4 Å². The number of unbranched alkanes of at least 4 members (excludes halogenated alkanes) is 19. The summed E-state index contributed by atoms with van der Waals surface area (Å²) in [4.78, 5) is 35.4. The van der Waals surface area contributed by atoms with Crippen LogP contribution in [0.2, 0.25) is 0 Å². The van der Waals surface area contributed by atoms with Gasteiger partial charge in [0, 0.05) is 19.4 Å². The molecule has 3 N–H and O–H groups in total. The zero-order chi connectivity index (χ0) is 71.5. The van der Waals surface area contributed by atoms with Crippen molar-refractivity contribution in [2.45, 2.75) is 290 Å². The van der Waals surface area contributed by atoms with Gasteiger partial charge < -0.3 is 20.1 Å². The molecule has 0 aliphatic heterocycles. The molecule has 0 bridgehead atoms. The van der Waals surface area contributed by atoms with E-state index in [2.05, 4.69) is 245 Å². The molecule has 0 fully saturated rings. The van der Waals surface area contributed by atoms with E-state index in [0.717, 1.165) is 173 Å². The summed E-state index contributed by atoms with van der Waals surface area (Å²) in [6.07, 6.45) is 127. The molecule has 554 valence electrons. The number of phosphoric ester groups is 1. The Morgan fingerprint density at radius 3 is 0.778 bits per heavy atom. The van der Waals surface area contributed by atoms with Crippen LogP contribution in [-0.4, -0.2) is 49.3 Å². The van der Waals surface area contributed by atoms with Gasteiger partial charge in [0.25, 0.3) is 0 Å². The first-order valence-electron chi connectivity index (χ1n) is 38.9. The molecule has 0 aromatic heterocycles. The van der Waals surface area contributed by atoms with E-state index in [4.69, 9.17) is 24.3 Å². The van der Waals surface area contributed by atoms with E-state index in [1.165, 1.54) is 77.0 Å². The summed E-state index contributed by atoms with van der Waals surface area (Å²) >= 11 is 0. The van der Waals surface area contributed by atoms with Gasteiger partial charge in [0.1, 0.15) is 6.61 Å². The van der Waals surface area contributed by atoms with Crippen molar-refractivity contribution in [1.82, 2.24) is 0 Å². The number of esters is 2. The Morgan fingerprint density at radius 1 is 0.303 bits per heavy atom. The van der Waals surface area contributed by atoms with Gasteiger partial charge in [-0.2, -0.15) is 0 Å². The Kier molecular flexibility index (Phi) is 76.2. The second-order valence-electron chi connectivity index (χ2n) is 24.8. The zero-order valence-corrected chi connectivity index (χ0v) is 63.3. The molecule has 99 heavy (non-hydrogen) atoms. The van der Waals surface area contributed by atoms with E-state index in [0.29, 0.717) is 6.42 Å². The summed E-state index contributed by atoms with van der Waals surface area (Å²) in [5, 5.41) is 0. The Labute approximate surface area is 606 Å². The number of hydrogen-bond donors (Lipinski definition) is 2. The van der Waals surface area contributed by atoms with Gasteiger partial charge in [0.05, 0.1) is 13.2 Å². The lowest BCUT2D eigenvalue weighted by Gasteiger charge is -2.19. The Morgan fingerprint density at radius 2 is 0.525 bits per heavy atom. The molecule has 0 heterocycles. The van der Waals surface area contributed by atoms with Gasteiger partial charge >= 0.3 is 19.8 Å². The van der Waals surface area contributed by atoms with Crippen molar-refractivity contribution < 1.29 is 37.6 Å². The third-order valence-electron chi connectivity index (χ3n) is 15.5. The molecule has 10 heteroatoms. The lowest BCUT2D eigenvalue weighted by molar-refractivity contribution is -0.161. The summed E-state index contributed by atoms with van der Waals surface area (Å²) in [5.74, 6) is -0.869. The van der Waals surface area contributed by atoms with Gasteiger partial charge in [-0.15, -0.1) is 0 Å². The van der Waals surface area contributed by atoms with Crippen molar-refractivity contribution in [2.24, 2.45) is 5.73 Å². The van der Waals surface area contributed by atoms with Crippen molar-refractivity contribution >= 4 is 19.8 Å². The SMILES string of the molecule is CC/C=C\C/C=C\C/C=C\C/C=C\C/C=C\C/C=C\C/C=C\C/C=C\C/C=C\C/C=C\C/C=C\C/C=C\CCCCCCC(=O)OC(COC(=O)CCCCCCCCCCCCCCCCC/C=C\C/C=C\C/C=C\C/C=C\C/C=C\C/C=C\C/C=C\CC)COP(=O)(O)OCCN. The average molecular weight is 1380 g/mol. The Bertz CT molecular complexity index is 2490. The van der Waals surface area contributed by atoms with Gasteiger partial charge in [-0.05, 0) is 161 Å². The number of phosphoric acid groups is 1. The molecule has 9 nitrogen and oxygen atoms in total. The number of nitrogens with two attached hydrogens (primary N) is 1. The van der Waals surface area contributed by atoms with Crippen LogP contribution in [-0.2, 0) is 32.7 Å². The van der Waals surface area contributed by atoms with Crippen molar-refractivity contribution in [1.29, 1.82) is 0 Å². The highest BCUT2D eigenvalue weighted by atomic mass is 31.2. The third-order valence-corrected chi connectivity index (χ3v) is 16.5. The zero-order valence-electron chi connectivity index (χ0n) is 62.4. The van der Waals surface area contributed by atoms with E-state index in [9.17, 15) is 19.0 Å². The van der Waals surface area contributed by atoms with Crippen LogP contribution in [0.5, 0.6) is 0 Å². The molecular formula is C89H140NO8P. The van der Waals surface area contributed by atoms with Crippen molar-refractivity contribution in [3.8, 4) is 0 Å². The number of ether oxygens (including phenoxy) is 2. The van der Waals surface area contributed by atoms with E-state index in [1.807, 2.05) is 0 Å². The molecule has 0 saturated heterocycles. The molecule has 2 atom stereocenters.